The molecule has 0 aliphatic carbocycles. The Balaban J connectivity index is 2.51. The first kappa shape index (κ1) is 15.1. The maximum atomic E-state index is 11.9. The van der Waals surface area contributed by atoms with E-state index < -0.39 is 11.6 Å². The fourth-order valence-corrected chi connectivity index (χ4v) is 1.92. The van der Waals surface area contributed by atoms with Gasteiger partial charge in [0.2, 0.25) is 0 Å². The molecule has 0 fully saturated rings. The summed E-state index contributed by atoms with van der Waals surface area (Å²) >= 11 is 0. The van der Waals surface area contributed by atoms with Crippen LogP contribution in [0.2, 0.25) is 0 Å². The van der Waals surface area contributed by atoms with Crippen molar-refractivity contribution in [1.29, 1.82) is 0 Å². The van der Waals surface area contributed by atoms with E-state index in [-0.39, 0.29) is 19.0 Å². The topological polar surface area (TPSA) is 75.0 Å². The van der Waals surface area contributed by atoms with Crippen LogP contribution in [0.4, 0.5) is 0 Å². The molecule has 0 N–H and O–H groups in total. The van der Waals surface area contributed by atoms with Gasteiger partial charge in [0.15, 0.2) is 6.79 Å². The largest absolute Gasteiger partial charge is 0.467 e. The van der Waals surface area contributed by atoms with Gasteiger partial charge in [-0.1, -0.05) is 0 Å². The van der Waals surface area contributed by atoms with E-state index in [1.165, 1.54) is 13.2 Å². The summed E-state index contributed by atoms with van der Waals surface area (Å²) in [5.41, 5.74) is 0.314. The molecule has 1 aromatic heterocycles. The summed E-state index contributed by atoms with van der Waals surface area (Å²) in [5, 5.41) is 0.655. The Morgan fingerprint density at radius 3 is 2.71 bits per heavy atom. The fourth-order valence-electron chi connectivity index (χ4n) is 1.92. The third-order valence-electron chi connectivity index (χ3n) is 2.87. The fraction of sp³-hybridized carbons (Fsp3) is 0.333. The molecule has 0 amide bonds. The van der Waals surface area contributed by atoms with E-state index in [2.05, 4.69) is 0 Å². The molecule has 0 unspecified atom stereocenters. The van der Waals surface area contributed by atoms with Crippen molar-refractivity contribution in [2.75, 3.05) is 20.5 Å². The number of rotatable bonds is 5. The lowest BCUT2D eigenvalue weighted by Gasteiger charge is -2.08. The number of aryl methyl sites for hydroxylation is 1. The molecule has 1 aromatic carbocycles. The van der Waals surface area contributed by atoms with Crippen molar-refractivity contribution in [2.45, 2.75) is 13.8 Å². The first-order valence-electron chi connectivity index (χ1n) is 6.44. The van der Waals surface area contributed by atoms with Crippen LogP contribution >= 0.6 is 0 Å². The average Bonchev–Trinajstić information content (AvgIpc) is 2.44. The van der Waals surface area contributed by atoms with E-state index in [9.17, 15) is 9.59 Å². The summed E-state index contributed by atoms with van der Waals surface area (Å²) in [4.78, 5) is 23.6. The predicted octanol–water partition coefficient (Wildman–Crippen LogP) is 2.26. The van der Waals surface area contributed by atoms with Gasteiger partial charge >= 0.3 is 11.6 Å². The maximum Gasteiger partial charge on any atom is 0.351 e. The van der Waals surface area contributed by atoms with E-state index in [0.29, 0.717) is 16.7 Å². The molecule has 2 rings (SSSR count). The Labute approximate surface area is 121 Å². The van der Waals surface area contributed by atoms with Gasteiger partial charge < -0.3 is 18.6 Å². The minimum Gasteiger partial charge on any atom is -0.467 e. The molecule has 0 aliphatic rings. The molecule has 0 saturated carbocycles. The van der Waals surface area contributed by atoms with Crippen molar-refractivity contribution in [3.8, 4) is 5.75 Å². The molecule has 0 bridgehead atoms. The molecular weight excluding hydrogens is 276 g/mol. The zero-order valence-corrected chi connectivity index (χ0v) is 12.1. The van der Waals surface area contributed by atoms with E-state index in [1.54, 1.807) is 19.1 Å². The maximum absolute atomic E-state index is 11.9. The van der Waals surface area contributed by atoms with Crippen molar-refractivity contribution < 1.29 is 23.4 Å². The lowest BCUT2D eigenvalue weighted by molar-refractivity contribution is 0.0511. The van der Waals surface area contributed by atoms with Crippen molar-refractivity contribution in [3.63, 3.8) is 0 Å². The number of ether oxygens (including phenoxy) is 3. The molecule has 0 spiro atoms. The Hall–Kier alpha value is -2.34. The first-order chi connectivity index (χ1) is 10.1. The number of carbonyl (C=O) groups is 1. The van der Waals surface area contributed by atoms with Gasteiger partial charge in [-0.05, 0) is 31.5 Å². The second kappa shape index (κ2) is 6.41. The first-order valence-corrected chi connectivity index (χ1v) is 6.44. The predicted molar refractivity (Wildman–Crippen MR) is 75.7 cm³/mol. The quantitative estimate of drug-likeness (QED) is 0.478. The van der Waals surface area contributed by atoms with Crippen LogP contribution in [0.3, 0.4) is 0 Å². The lowest BCUT2D eigenvalue weighted by Crippen LogP contribution is -2.16. The SMILES string of the molecule is CCOC(=O)c1cc2c(C)cc(OCOC)cc2oc1=O. The highest BCUT2D eigenvalue weighted by atomic mass is 16.7. The zero-order valence-electron chi connectivity index (χ0n) is 12.1. The summed E-state index contributed by atoms with van der Waals surface area (Å²) in [6.07, 6.45) is 0. The second-order valence-corrected chi connectivity index (χ2v) is 4.37. The van der Waals surface area contributed by atoms with Crippen LogP contribution in [0.5, 0.6) is 5.75 Å². The Morgan fingerprint density at radius 1 is 1.29 bits per heavy atom. The summed E-state index contributed by atoms with van der Waals surface area (Å²) in [6.45, 7) is 3.79. The molecule has 0 saturated heterocycles. The van der Waals surface area contributed by atoms with Gasteiger partial charge in [-0.3, -0.25) is 0 Å². The van der Waals surface area contributed by atoms with Crippen LogP contribution < -0.4 is 10.4 Å². The smallest absolute Gasteiger partial charge is 0.351 e. The van der Waals surface area contributed by atoms with E-state index in [1.807, 2.05) is 6.92 Å². The van der Waals surface area contributed by atoms with Crippen LogP contribution in [0, 0.1) is 6.92 Å². The Morgan fingerprint density at radius 2 is 2.05 bits per heavy atom. The van der Waals surface area contributed by atoms with Gasteiger partial charge in [-0.2, -0.15) is 0 Å². The van der Waals surface area contributed by atoms with Gasteiger partial charge in [-0.25, -0.2) is 9.59 Å². The summed E-state index contributed by atoms with van der Waals surface area (Å²) in [6, 6.07) is 4.84. The summed E-state index contributed by atoms with van der Waals surface area (Å²) in [5.74, 6) is -0.166. The highest BCUT2D eigenvalue weighted by Gasteiger charge is 2.16. The zero-order chi connectivity index (χ0) is 15.4. The second-order valence-electron chi connectivity index (χ2n) is 4.37. The molecule has 21 heavy (non-hydrogen) atoms. The summed E-state index contributed by atoms with van der Waals surface area (Å²) in [7, 11) is 1.51. The average molecular weight is 292 g/mol. The monoisotopic (exact) mass is 292 g/mol. The molecule has 0 aliphatic heterocycles. The van der Waals surface area contributed by atoms with Crippen LogP contribution in [0.15, 0.2) is 27.4 Å². The molecule has 2 aromatic rings. The van der Waals surface area contributed by atoms with Crippen LogP contribution in [-0.4, -0.2) is 26.5 Å². The molecule has 6 heteroatoms. The normalized spacial score (nSPS) is 10.6. The Kier molecular flexibility index (Phi) is 4.59. The lowest BCUT2D eigenvalue weighted by atomic mass is 10.1. The highest BCUT2D eigenvalue weighted by Crippen LogP contribution is 2.25. The highest BCUT2D eigenvalue weighted by molar-refractivity contribution is 5.94. The van der Waals surface area contributed by atoms with Crippen molar-refractivity contribution >= 4 is 16.9 Å². The van der Waals surface area contributed by atoms with Gasteiger partial charge in [0.1, 0.15) is 16.9 Å². The van der Waals surface area contributed by atoms with Crippen molar-refractivity contribution in [3.05, 3.63) is 39.7 Å². The number of carbonyl (C=O) groups excluding carboxylic acids is 1. The molecule has 1 heterocycles. The number of benzene rings is 1. The number of hydrogen-bond donors (Lipinski definition) is 0. The number of hydrogen-bond acceptors (Lipinski definition) is 6. The van der Waals surface area contributed by atoms with Gasteiger partial charge in [-0.15, -0.1) is 0 Å². The van der Waals surface area contributed by atoms with Crippen LogP contribution in [0.1, 0.15) is 22.8 Å². The molecule has 112 valence electrons. The molecule has 6 nitrogen and oxygen atoms in total. The number of esters is 1. The minimum atomic E-state index is -0.732. The van der Waals surface area contributed by atoms with E-state index in [4.69, 9.17) is 18.6 Å². The number of methoxy groups -OCH3 is 1. The van der Waals surface area contributed by atoms with E-state index >= 15 is 0 Å². The van der Waals surface area contributed by atoms with Gasteiger partial charge in [0.05, 0.1) is 6.61 Å². The van der Waals surface area contributed by atoms with E-state index in [0.717, 1.165) is 5.56 Å². The molecular formula is C15H16O6. The third-order valence-corrected chi connectivity index (χ3v) is 2.87. The van der Waals surface area contributed by atoms with Crippen LogP contribution in [0.25, 0.3) is 11.0 Å². The summed E-state index contributed by atoms with van der Waals surface area (Å²) < 4.78 is 20.2. The van der Waals surface area contributed by atoms with Gasteiger partial charge in [0, 0.05) is 18.6 Å². The standard InChI is InChI=1S/C15H16O6/c1-4-19-14(16)12-7-11-9(2)5-10(20-8-18-3)6-13(11)21-15(12)17/h5-7H,4,8H2,1-3H3. The number of fused-ring (bicyclic) bond motifs is 1. The van der Waals surface area contributed by atoms with Crippen molar-refractivity contribution in [2.24, 2.45) is 0 Å². The van der Waals surface area contributed by atoms with Gasteiger partial charge in [0.25, 0.3) is 0 Å². The third kappa shape index (κ3) is 3.22. The molecule has 0 radical (unpaired) electrons. The minimum absolute atomic E-state index is 0.0933. The Bertz CT molecular complexity index is 716. The molecule has 0 atom stereocenters. The van der Waals surface area contributed by atoms with Crippen LogP contribution in [-0.2, 0) is 9.47 Å². The van der Waals surface area contributed by atoms with Crippen molar-refractivity contribution in [1.82, 2.24) is 0 Å².